The number of benzene rings is 1. The Kier molecular flexibility index (Phi) is 5.89. The zero-order valence-corrected chi connectivity index (χ0v) is 18.8. The molecule has 5 rings (SSSR count). The van der Waals surface area contributed by atoms with Gasteiger partial charge in [-0.05, 0) is 37.4 Å². The van der Waals surface area contributed by atoms with Crippen molar-refractivity contribution in [1.82, 2.24) is 29.6 Å². The normalized spacial score (nSPS) is 14.4. The lowest BCUT2D eigenvalue weighted by atomic mass is 10.1. The Bertz CT molecular complexity index is 1320. The quantitative estimate of drug-likeness (QED) is 0.449. The molecule has 1 aromatic carbocycles. The first-order chi connectivity index (χ1) is 16.5. The third-order valence-electron chi connectivity index (χ3n) is 5.80. The van der Waals surface area contributed by atoms with Crippen LogP contribution in [0.3, 0.4) is 0 Å². The molecule has 0 atom stereocenters. The van der Waals surface area contributed by atoms with Gasteiger partial charge in [-0.1, -0.05) is 6.07 Å². The second-order valence-electron chi connectivity index (χ2n) is 8.02. The van der Waals surface area contributed by atoms with Crippen LogP contribution in [0.5, 0.6) is 5.75 Å². The van der Waals surface area contributed by atoms with Crippen molar-refractivity contribution < 1.29 is 13.5 Å². The summed E-state index contributed by atoms with van der Waals surface area (Å²) in [5, 5.41) is 4.44. The summed E-state index contributed by atoms with van der Waals surface area (Å²) >= 11 is 0. The largest absolute Gasteiger partial charge is 0.493 e. The van der Waals surface area contributed by atoms with E-state index in [4.69, 9.17) is 9.72 Å². The zero-order chi connectivity index (χ0) is 23.7. The summed E-state index contributed by atoms with van der Waals surface area (Å²) in [4.78, 5) is 17.9. The molecule has 3 aromatic heterocycles. The minimum atomic E-state index is -0.688. The molecule has 4 aromatic rings. The van der Waals surface area contributed by atoms with E-state index < -0.39 is 11.6 Å². The lowest BCUT2D eigenvalue weighted by molar-refractivity contribution is 0.312. The highest BCUT2D eigenvalue weighted by molar-refractivity contribution is 5.68. The van der Waals surface area contributed by atoms with Gasteiger partial charge in [0.2, 0.25) is 0 Å². The molecule has 8 nitrogen and oxygen atoms in total. The SMILES string of the molecule is COc1c(F)ccc(F)c1-c1nccc(-c2cnn(-c3cccc(N4CCN(C)CC4)n3)c2)n1. The molecule has 10 heteroatoms. The van der Waals surface area contributed by atoms with Gasteiger partial charge in [0.05, 0.1) is 24.6 Å². The van der Waals surface area contributed by atoms with Crippen molar-refractivity contribution in [3.05, 3.63) is 66.6 Å². The predicted octanol–water partition coefficient (Wildman–Crippen LogP) is 3.43. The van der Waals surface area contributed by atoms with Crippen LogP contribution in [0.1, 0.15) is 0 Å². The summed E-state index contributed by atoms with van der Waals surface area (Å²) in [5.41, 5.74) is 1.07. The number of aromatic nitrogens is 5. The first-order valence-corrected chi connectivity index (χ1v) is 10.8. The van der Waals surface area contributed by atoms with E-state index in [9.17, 15) is 8.78 Å². The number of nitrogens with zero attached hydrogens (tertiary/aromatic N) is 7. The molecule has 0 amide bonds. The standard InChI is InChI=1S/C24H23F2N7O/c1-31-10-12-32(13-11-31)20-4-3-5-21(30-20)33-15-16(14-28-33)19-8-9-27-24(29-19)22-17(25)6-7-18(26)23(22)34-2/h3-9,14-15H,10-13H2,1-2H3. The van der Waals surface area contributed by atoms with Crippen LogP contribution >= 0.6 is 0 Å². The van der Waals surface area contributed by atoms with Gasteiger partial charge in [0.25, 0.3) is 0 Å². The number of pyridine rings is 1. The van der Waals surface area contributed by atoms with Crippen LogP contribution in [-0.2, 0) is 0 Å². The molecule has 4 heterocycles. The molecule has 1 saturated heterocycles. The number of hydrogen-bond donors (Lipinski definition) is 0. The number of anilines is 1. The lowest BCUT2D eigenvalue weighted by Gasteiger charge is -2.33. The van der Waals surface area contributed by atoms with E-state index in [1.54, 1.807) is 23.1 Å². The Balaban J connectivity index is 1.45. The molecule has 0 unspecified atom stereocenters. The third kappa shape index (κ3) is 4.19. The molecule has 174 valence electrons. The molecular formula is C24H23F2N7O. The van der Waals surface area contributed by atoms with Crippen LogP contribution in [0.2, 0.25) is 0 Å². The van der Waals surface area contributed by atoms with E-state index in [1.807, 2.05) is 18.2 Å². The number of methoxy groups -OCH3 is 1. The molecule has 0 saturated carbocycles. The maximum atomic E-state index is 14.5. The fourth-order valence-corrected chi connectivity index (χ4v) is 3.91. The summed E-state index contributed by atoms with van der Waals surface area (Å²) in [5.74, 6) is 0.00514. The molecule has 0 bridgehead atoms. The molecule has 0 spiro atoms. The number of likely N-dealkylation sites (N-methyl/N-ethyl adjacent to an activating group) is 1. The summed E-state index contributed by atoms with van der Waals surface area (Å²) in [6, 6.07) is 9.56. The van der Waals surface area contributed by atoms with Crippen LogP contribution in [0.4, 0.5) is 14.6 Å². The topological polar surface area (TPSA) is 72.2 Å². The monoisotopic (exact) mass is 463 g/mol. The number of rotatable bonds is 5. The van der Waals surface area contributed by atoms with Crippen LogP contribution in [0.25, 0.3) is 28.5 Å². The van der Waals surface area contributed by atoms with Crippen molar-refractivity contribution in [3.8, 4) is 34.2 Å². The maximum absolute atomic E-state index is 14.5. The fraction of sp³-hybridized carbons (Fsp3) is 0.250. The van der Waals surface area contributed by atoms with Gasteiger partial charge >= 0.3 is 0 Å². The third-order valence-corrected chi connectivity index (χ3v) is 5.80. The number of hydrogen-bond acceptors (Lipinski definition) is 7. The first-order valence-electron chi connectivity index (χ1n) is 10.8. The fourth-order valence-electron chi connectivity index (χ4n) is 3.91. The second kappa shape index (κ2) is 9.14. The molecule has 34 heavy (non-hydrogen) atoms. The zero-order valence-electron chi connectivity index (χ0n) is 18.8. The average molecular weight is 463 g/mol. The van der Waals surface area contributed by atoms with Gasteiger partial charge in [-0.3, -0.25) is 0 Å². The predicted molar refractivity (Wildman–Crippen MR) is 124 cm³/mol. The first kappa shape index (κ1) is 21.9. The number of ether oxygens (including phenoxy) is 1. The highest BCUT2D eigenvalue weighted by Gasteiger charge is 2.20. The minimum Gasteiger partial charge on any atom is -0.493 e. The highest BCUT2D eigenvalue weighted by atomic mass is 19.1. The Morgan fingerprint density at radius 2 is 1.68 bits per heavy atom. The lowest BCUT2D eigenvalue weighted by Crippen LogP contribution is -2.44. The van der Waals surface area contributed by atoms with Gasteiger partial charge in [-0.2, -0.15) is 5.10 Å². The average Bonchev–Trinajstić information content (AvgIpc) is 3.36. The van der Waals surface area contributed by atoms with E-state index in [-0.39, 0.29) is 17.1 Å². The smallest absolute Gasteiger partial charge is 0.168 e. The summed E-state index contributed by atoms with van der Waals surface area (Å²) in [7, 11) is 3.39. The number of piperazine rings is 1. The summed E-state index contributed by atoms with van der Waals surface area (Å²) < 4.78 is 35.4. The van der Waals surface area contributed by atoms with Crippen LogP contribution < -0.4 is 9.64 Å². The molecule has 1 aliphatic heterocycles. The van der Waals surface area contributed by atoms with E-state index in [2.05, 4.69) is 31.9 Å². The number of halogens is 2. The molecule has 0 radical (unpaired) electrons. The summed E-state index contributed by atoms with van der Waals surface area (Å²) in [6.07, 6.45) is 4.93. The molecule has 1 aliphatic rings. The van der Waals surface area contributed by atoms with E-state index in [1.165, 1.54) is 13.3 Å². The van der Waals surface area contributed by atoms with Gasteiger partial charge < -0.3 is 14.5 Å². The van der Waals surface area contributed by atoms with Crippen LogP contribution in [-0.4, -0.2) is 70.0 Å². The van der Waals surface area contributed by atoms with Gasteiger partial charge in [0.1, 0.15) is 11.6 Å². The molecule has 0 N–H and O–H groups in total. The van der Waals surface area contributed by atoms with Gasteiger partial charge in [-0.25, -0.2) is 28.4 Å². The molecule has 0 aliphatic carbocycles. The molecule has 1 fully saturated rings. The highest BCUT2D eigenvalue weighted by Crippen LogP contribution is 2.33. The van der Waals surface area contributed by atoms with Gasteiger partial charge in [0.15, 0.2) is 23.2 Å². The van der Waals surface area contributed by atoms with Gasteiger partial charge in [0, 0.05) is 44.1 Å². The minimum absolute atomic E-state index is 0.0225. The van der Waals surface area contributed by atoms with Crippen molar-refractivity contribution in [1.29, 1.82) is 0 Å². The van der Waals surface area contributed by atoms with Crippen molar-refractivity contribution in [2.45, 2.75) is 0 Å². The Morgan fingerprint density at radius 1 is 0.912 bits per heavy atom. The van der Waals surface area contributed by atoms with Crippen LogP contribution in [0.15, 0.2) is 55.0 Å². The Hall–Kier alpha value is -3.92. The Labute approximate surface area is 195 Å². The van der Waals surface area contributed by atoms with E-state index in [0.29, 0.717) is 17.1 Å². The Morgan fingerprint density at radius 3 is 2.47 bits per heavy atom. The van der Waals surface area contributed by atoms with Crippen molar-refractivity contribution in [2.75, 3.05) is 45.2 Å². The maximum Gasteiger partial charge on any atom is 0.168 e. The van der Waals surface area contributed by atoms with Crippen LogP contribution in [0, 0.1) is 11.6 Å². The van der Waals surface area contributed by atoms with E-state index in [0.717, 1.165) is 44.1 Å². The van der Waals surface area contributed by atoms with Crippen molar-refractivity contribution in [2.24, 2.45) is 0 Å². The van der Waals surface area contributed by atoms with Crippen molar-refractivity contribution >= 4 is 5.82 Å². The van der Waals surface area contributed by atoms with Gasteiger partial charge in [-0.15, -0.1) is 0 Å². The van der Waals surface area contributed by atoms with Crippen molar-refractivity contribution in [3.63, 3.8) is 0 Å². The second-order valence-corrected chi connectivity index (χ2v) is 8.02. The van der Waals surface area contributed by atoms with E-state index >= 15 is 0 Å². The molecular weight excluding hydrogens is 440 g/mol. The summed E-state index contributed by atoms with van der Waals surface area (Å²) in [6.45, 7) is 3.82.